The van der Waals surface area contributed by atoms with E-state index in [1.165, 1.54) is 0 Å². The van der Waals surface area contributed by atoms with E-state index in [4.69, 9.17) is 4.74 Å². The molecular formula is C15H16INO3. The van der Waals surface area contributed by atoms with Gasteiger partial charge in [0.05, 0.1) is 5.69 Å². The zero-order valence-corrected chi connectivity index (χ0v) is 13.7. The van der Waals surface area contributed by atoms with Gasteiger partial charge in [-0.05, 0) is 78.4 Å². The minimum atomic E-state index is -0.537. The van der Waals surface area contributed by atoms with Crippen LogP contribution in [-0.4, -0.2) is 16.8 Å². The number of benzene rings is 2. The lowest BCUT2D eigenvalue weighted by molar-refractivity contribution is 0.0636. The van der Waals surface area contributed by atoms with Crippen LogP contribution >= 0.6 is 22.6 Å². The summed E-state index contributed by atoms with van der Waals surface area (Å²) < 4.78 is 6.14. The predicted octanol–water partition coefficient (Wildman–Crippen LogP) is 4.50. The molecule has 1 amide bonds. The lowest BCUT2D eigenvalue weighted by atomic mass is 10.1. The lowest BCUT2D eigenvalue weighted by Crippen LogP contribution is -2.27. The second-order valence-corrected chi connectivity index (χ2v) is 6.65. The maximum Gasteiger partial charge on any atom is 0.412 e. The number of carbonyl (C=O) groups is 1. The third-order valence-electron chi connectivity index (χ3n) is 2.55. The number of ether oxygens (including phenoxy) is 1. The van der Waals surface area contributed by atoms with Gasteiger partial charge in [0.2, 0.25) is 0 Å². The van der Waals surface area contributed by atoms with Crippen LogP contribution in [0.4, 0.5) is 10.5 Å². The maximum atomic E-state index is 11.8. The van der Waals surface area contributed by atoms with Gasteiger partial charge in [-0.1, -0.05) is 6.07 Å². The molecule has 0 aliphatic heterocycles. The zero-order chi connectivity index (χ0) is 14.9. The first-order chi connectivity index (χ1) is 9.24. The molecule has 0 aliphatic carbocycles. The summed E-state index contributed by atoms with van der Waals surface area (Å²) in [4.78, 5) is 11.8. The summed E-state index contributed by atoms with van der Waals surface area (Å²) in [5.74, 6) is 0.196. The van der Waals surface area contributed by atoms with Crippen molar-refractivity contribution in [3.63, 3.8) is 0 Å². The zero-order valence-electron chi connectivity index (χ0n) is 11.5. The molecule has 0 aliphatic rings. The van der Waals surface area contributed by atoms with E-state index in [1.807, 2.05) is 39.0 Å². The number of anilines is 1. The number of rotatable bonds is 1. The van der Waals surface area contributed by atoms with E-state index in [0.29, 0.717) is 5.69 Å². The molecular weight excluding hydrogens is 369 g/mol. The maximum absolute atomic E-state index is 11.8. The molecule has 0 spiro atoms. The second-order valence-electron chi connectivity index (χ2n) is 5.49. The molecule has 0 radical (unpaired) electrons. The van der Waals surface area contributed by atoms with Gasteiger partial charge in [0.15, 0.2) is 0 Å². The highest BCUT2D eigenvalue weighted by Gasteiger charge is 2.17. The van der Waals surface area contributed by atoms with Crippen molar-refractivity contribution in [3.05, 3.63) is 33.9 Å². The molecule has 0 heterocycles. The van der Waals surface area contributed by atoms with Gasteiger partial charge in [0.1, 0.15) is 11.4 Å². The minimum absolute atomic E-state index is 0.196. The molecule has 106 valence electrons. The number of phenols is 1. The van der Waals surface area contributed by atoms with Crippen LogP contribution in [0.15, 0.2) is 30.3 Å². The highest BCUT2D eigenvalue weighted by atomic mass is 127. The fourth-order valence-electron chi connectivity index (χ4n) is 1.77. The number of carbonyl (C=O) groups excluding carboxylic acids is 1. The number of halogens is 1. The van der Waals surface area contributed by atoms with Gasteiger partial charge in [-0.3, -0.25) is 5.32 Å². The van der Waals surface area contributed by atoms with E-state index >= 15 is 0 Å². The van der Waals surface area contributed by atoms with Crippen molar-refractivity contribution in [1.82, 2.24) is 0 Å². The topological polar surface area (TPSA) is 58.6 Å². The number of hydrogen-bond donors (Lipinski definition) is 2. The Labute approximate surface area is 131 Å². The van der Waals surface area contributed by atoms with Gasteiger partial charge in [-0.25, -0.2) is 4.79 Å². The molecule has 0 unspecified atom stereocenters. The molecule has 2 N–H and O–H groups in total. The van der Waals surface area contributed by atoms with E-state index < -0.39 is 11.7 Å². The van der Waals surface area contributed by atoms with Crippen molar-refractivity contribution >= 4 is 45.1 Å². The summed E-state index contributed by atoms with van der Waals surface area (Å²) in [6.07, 6.45) is -0.491. The van der Waals surface area contributed by atoms with Crippen molar-refractivity contribution in [2.24, 2.45) is 0 Å². The lowest BCUT2D eigenvalue weighted by Gasteiger charge is -2.20. The van der Waals surface area contributed by atoms with Crippen molar-refractivity contribution in [2.75, 3.05) is 5.32 Å². The fourth-order valence-corrected chi connectivity index (χ4v) is 2.39. The molecule has 5 heteroatoms. The van der Waals surface area contributed by atoms with E-state index in [2.05, 4.69) is 27.9 Å². The first-order valence-corrected chi connectivity index (χ1v) is 7.25. The van der Waals surface area contributed by atoms with Gasteiger partial charge in [-0.15, -0.1) is 0 Å². The number of phenolic OH excluding ortho intramolecular Hbond substituents is 1. The number of aromatic hydroxyl groups is 1. The normalized spacial score (nSPS) is 11.4. The molecule has 20 heavy (non-hydrogen) atoms. The Balaban J connectivity index is 2.30. The van der Waals surface area contributed by atoms with Crippen LogP contribution in [0.1, 0.15) is 20.8 Å². The number of amides is 1. The standard InChI is InChI=1S/C15H16INO3/c1-15(2,3)20-14(19)17-13-8-10-6-11(18)5-4-9(10)7-12(13)16/h4-8,18H,1-3H3,(H,17,19). The van der Waals surface area contributed by atoms with Crippen LogP contribution in [0.25, 0.3) is 10.8 Å². The summed E-state index contributed by atoms with van der Waals surface area (Å²) in [7, 11) is 0. The molecule has 0 aromatic heterocycles. The number of fused-ring (bicyclic) bond motifs is 1. The fraction of sp³-hybridized carbons (Fsp3) is 0.267. The average Bonchev–Trinajstić information content (AvgIpc) is 2.28. The quantitative estimate of drug-likeness (QED) is 0.711. The Morgan fingerprint density at radius 2 is 1.90 bits per heavy atom. The largest absolute Gasteiger partial charge is 0.508 e. The summed E-state index contributed by atoms with van der Waals surface area (Å²) >= 11 is 2.15. The van der Waals surface area contributed by atoms with Crippen LogP contribution in [0.3, 0.4) is 0 Å². The SMILES string of the molecule is CC(C)(C)OC(=O)Nc1cc2cc(O)ccc2cc1I. The highest BCUT2D eigenvalue weighted by molar-refractivity contribution is 14.1. The molecule has 4 nitrogen and oxygen atoms in total. The smallest absolute Gasteiger partial charge is 0.412 e. The molecule has 2 aromatic carbocycles. The Morgan fingerprint density at radius 3 is 2.55 bits per heavy atom. The molecule has 0 saturated carbocycles. The Bertz CT molecular complexity index is 662. The van der Waals surface area contributed by atoms with Crippen LogP contribution in [0.2, 0.25) is 0 Å². The van der Waals surface area contributed by atoms with E-state index in [1.54, 1.807) is 12.1 Å². The van der Waals surface area contributed by atoms with E-state index in [9.17, 15) is 9.90 Å². The van der Waals surface area contributed by atoms with Crippen LogP contribution in [0, 0.1) is 3.57 Å². The van der Waals surface area contributed by atoms with Gasteiger partial charge in [0, 0.05) is 3.57 Å². The second kappa shape index (κ2) is 5.47. The van der Waals surface area contributed by atoms with Crippen LogP contribution < -0.4 is 5.32 Å². The van der Waals surface area contributed by atoms with Crippen LogP contribution in [0.5, 0.6) is 5.75 Å². The van der Waals surface area contributed by atoms with Crippen molar-refractivity contribution in [3.8, 4) is 5.75 Å². The third-order valence-corrected chi connectivity index (χ3v) is 3.44. The van der Waals surface area contributed by atoms with Crippen molar-refractivity contribution < 1.29 is 14.6 Å². The van der Waals surface area contributed by atoms with E-state index in [-0.39, 0.29) is 5.75 Å². The highest BCUT2D eigenvalue weighted by Crippen LogP contribution is 2.28. The monoisotopic (exact) mass is 385 g/mol. The summed E-state index contributed by atoms with van der Waals surface area (Å²) in [5, 5.41) is 14.1. The van der Waals surface area contributed by atoms with E-state index in [0.717, 1.165) is 14.3 Å². The first-order valence-electron chi connectivity index (χ1n) is 6.17. The van der Waals surface area contributed by atoms with Gasteiger partial charge < -0.3 is 9.84 Å². The molecule has 0 saturated heterocycles. The van der Waals surface area contributed by atoms with Crippen molar-refractivity contribution in [1.29, 1.82) is 0 Å². The minimum Gasteiger partial charge on any atom is -0.508 e. The van der Waals surface area contributed by atoms with Crippen LogP contribution in [-0.2, 0) is 4.74 Å². The molecule has 2 aromatic rings. The molecule has 0 bridgehead atoms. The summed E-state index contributed by atoms with van der Waals surface area (Å²) in [5.41, 5.74) is 0.128. The van der Waals surface area contributed by atoms with Crippen molar-refractivity contribution in [2.45, 2.75) is 26.4 Å². The average molecular weight is 385 g/mol. The first kappa shape index (κ1) is 14.9. The molecule has 0 fully saturated rings. The third kappa shape index (κ3) is 3.75. The Hall–Kier alpha value is -1.50. The number of nitrogens with one attached hydrogen (secondary N) is 1. The molecule has 0 atom stereocenters. The number of hydrogen-bond acceptors (Lipinski definition) is 3. The summed E-state index contributed by atoms with van der Waals surface area (Å²) in [6, 6.07) is 8.90. The van der Waals surface area contributed by atoms with Gasteiger partial charge in [0.25, 0.3) is 0 Å². The van der Waals surface area contributed by atoms with Gasteiger partial charge in [-0.2, -0.15) is 0 Å². The Kier molecular flexibility index (Phi) is 4.08. The predicted molar refractivity (Wildman–Crippen MR) is 88.2 cm³/mol. The Morgan fingerprint density at radius 1 is 1.20 bits per heavy atom. The van der Waals surface area contributed by atoms with Gasteiger partial charge >= 0.3 is 6.09 Å². The molecule has 2 rings (SSSR count). The summed E-state index contributed by atoms with van der Waals surface area (Å²) in [6.45, 7) is 5.45.